The molecule has 0 fully saturated rings. The molecule has 18 heavy (non-hydrogen) atoms. The second-order valence-electron chi connectivity index (χ2n) is 3.11. The van der Waals surface area contributed by atoms with Crippen LogP contribution in [-0.2, 0) is 4.74 Å². The quantitative estimate of drug-likeness (QED) is 0.771. The Bertz CT molecular complexity index is 498. The highest BCUT2D eigenvalue weighted by atomic mass is 19.3. The van der Waals surface area contributed by atoms with Gasteiger partial charge in [-0.3, -0.25) is 0 Å². The molecular formula is C11H10F2N2O3. The number of esters is 1. The summed E-state index contributed by atoms with van der Waals surface area (Å²) in [6.07, 6.45) is -2.94. The zero-order valence-corrected chi connectivity index (χ0v) is 9.74. The Morgan fingerprint density at radius 2 is 2.28 bits per heavy atom. The number of hydrogen-bond acceptors (Lipinski definition) is 5. The second-order valence-corrected chi connectivity index (χ2v) is 3.11. The Hall–Kier alpha value is -2.23. The monoisotopic (exact) mass is 256 g/mol. The molecule has 0 amide bonds. The topological polar surface area (TPSA) is 72.2 Å². The average molecular weight is 256 g/mol. The van der Waals surface area contributed by atoms with Gasteiger partial charge >= 0.3 is 5.97 Å². The number of aromatic nitrogens is 1. The van der Waals surface area contributed by atoms with Crippen LogP contribution in [-0.4, -0.2) is 24.7 Å². The van der Waals surface area contributed by atoms with E-state index in [1.807, 2.05) is 0 Å². The van der Waals surface area contributed by atoms with Crippen molar-refractivity contribution in [2.75, 3.05) is 13.7 Å². The third-order valence-corrected chi connectivity index (χ3v) is 2.06. The molecule has 0 radical (unpaired) electrons. The van der Waals surface area contributed by atoms with E-state index in [-0.39, 0.29) is 12.5 Å². The first-order valence-corrected chi connectivity index (χ1v) is 4.99. The molecule has 1 rings (SSSR count). The van der Waals surface area contributed by atoms with Crippen LogP contribution in [0.1, 0.15) is 35.0 Å². The number of pyridine rings is 1. The molecule has 0 N–H and O–H groups in total. The van der Waals surface area contributed by atoms with Crippen molar-refractivity contribution in [1.82, 2.24) is 4.98 Å². The summed E-state index contributed by atoms with van der Waals surface area (Å²) in [5.74, 6) is -1.16. The molecule has 96 valence electrons. The Labute approximate surface area is 102 Å². The van der Waals surface area contributed by atoms with Gasteiger partial charge in [0.25, 0.3) is 6.43 Å². The van der Waals surface area contributed by atoms with Crippen LogP contribution in [0.15, 0.2) is 6.07 Å². The van der Waals surface area contributed by atoms with Gasteiger partial charge < -0.3 is 9.47 Å². The number of nitriles is 1. The van der Waals surface area contributed by atoms with Crippen molar-refractivity contribution in [3.8, 4) is 11.9 Å². The SMILES string of the molecule is CCOC(=O)c1c(C(F)F)cc(OC)nc1C#N. The van der Waals surface area contributed by atoms with Crippen molar-refractivity contribution in [2.45, 2.75) is 13.3 Å². The van der Waals surface area contributed by atoms with Crippen molar-refractivity contribution in [1.29, 1.82) is 5.26 Å². The van der Waals surface area contributed by atoms with Gasteiger partial charge in [0.15, 0.2) is 5.69 Å². The minimum absolute atomic E-state index is 0.0123. The van der Waals surface area contributed by atoms with Gasteiger partial charge in [0, 0.05) is 11.6 Å². The molecule has 0 bridgehead atoms. The van der Waals surface area contributed by atoms with Crippen LogP contribution in [0.25, 0.3) is 0 Å². The summed E-state index contributed by atoms with van der Waals surface area (Å²) in [7, 11) is 1.22. The lowest BCUT2D eigenvalue weighted by Gasteiger charge is -2.10. The van der Waals surface area contributed by atoms with Crippen molar-refractivity contribution < 1.29 is 23.0 Å². The lowest BCUT2D eigenvalue weighted by molar-refractivity contribution is 0.0514. The first-order chi connectivity index (χ1) is 8.54. The summed E-state index contributed by atoms with van der Waals surface area (Å²) in [4.78, 5) is 15.2. The molecule has 0 atom stereocenters. The van der Waals surface area contributed by atoms with E-state index in [4.69, 9.17) is 10.00 Å². The highest BCUT2D eigenvalue weighted by molar-refractivity contribution is 5.93. The van der Waals surface area contributed by atoms with Crippen molar-refractivity contribution in [3.63, 3.8) is 0 Å². The molecule has 0 unspecified atom stereocenters. The van der Waals surface area contributed by atoms with E-state index in [2.05, 4.69) is 9.72 Å². The molecular weight excluding hydrogens is 246 g/mol. The fourth-order valence-corrected chi connectivity index (χ4v) is 1.32. The number of rotatable bonds is 4. The van der Waals surface area contributed by atoms with Crippen molar-refractivity contribution in [2.24, 2.45) is 0 Å². The maximum absolute atomic E-state index is 12.9. The van der Waals surface area contributed by atoms with E-state index < -0.39 is 29.2 Å². The Morgan fingerprint density at radius 3 is 2.72 bits per heavy atom. The number of alkyl halides is 2. The Morgan fingerprint density at radius 1 is 1.61 bits per heavy atom. The Balaban J connectivity index is 3.45. The molecule has 1 heterocycles. The predicted octanol–water partition coefficient (Wildman–Crippen LogP) is 2.08. The molecule has 1 aromatic heterocycles. The summed E-state index contributed by atoms with van der Waals surface area (Å²) in [6.45, 7) is 1.54. The van der Waals surface area contributed by atoms with Crippen LogP contribution in [0.2, 0.25) is 0 Å². The summed E-state index contributed by atoms with van der Waals surface area (Å²) >= 11 is 0. The van der Waals surface area contributed by atoms with Crippen LogP contribution >= 0.6 is 0 Å². The van der Waals surface area contributed by atoms with Gasteiger partial charge in [-0.2, -0.15) is 5.26 Å². The molecule has 0 aromatic carbocycles. The van der Waals surface area contributed by atoms with Crippen molar-refractivity contribution in [3.05, 3.63) is 22.9 Å². The average Bonchev–Trinajstić information content (AvgIpc) is 2.37. The van der Waals surface area contributed by atoms with Gasteiger partial charge in [-0.25, -0.2) is 18.6 Å². The highest BCUT2D eigenvalue weighted by Crippen LogP contribution is 2.28. The van der Waals surface area contributed by atoms with Crippen LogP contribution in [0.5, 0.6) is 5.88 Å². The van der Waals surface area contributed by atoms with Crippen LogP contribution in [0, 0.1) is 11.3 Å². The zero-order chi connectivity index (χ0) is 13.7. The number of hydrogen-bond donors (Lipinski definition) is 0. The Kier molecular flexibility index (Phi) is 4.54. The first kappa shape index (κ1) is 13.8. The third kappa shape index (κ3) is 2.71. The van der Waals surface area contributed by atoms with E-state index in [9.17, 15) is 13.6 Å². The first-order valence-electron chi connectivity index (χ1n) is 4.99. The summed E-state index contributed by atoms with van der Waals surface area (Å²) in [5.41, 5.74) is -1.59. The molecule has 1 aromatic rings. The smallest absolute Gasteiger partial charge is 0.341 e. The lowest BCUT2D eigenvalue weighted by Crippen LogP contribution is -2.13. The molecule has 0 aliphatic heterocycles. The van der Waals surface area contributed by atoms with E-state index in [0.29, 0.717) is 0 Å². The molecule has 0 saturated carbocycles. The number of carbonyl (C=O) groups excluding carboxylic acids is 1. The molecule has 0 aliphatic carbocycles. The summed E-state index contributed by atoms with van der Waals surface area (Å²) in [6, 6.07) is 2.49. The van der Waals surface area contributed by atoms with Gasteiger partial charge in [0.05, 0.1) is 13.7 Å². The third-order valence-electron chi connectivity index (χ3n) is 2.06. The number of halogens is 2. The van der Waals surface area contributed by atoms with Crippen LogP contribution in [0.4, 0.5) is 8.78 Å². The van der Waals surface area contributed by atoms with E-state index in [1.54, 1.807) is 6.07 Å². The van der Waals surface area contributed by atoms with E-state index >= 15 is 0 Å². The maximum atomic E-state index is 12.9. The second kappa shape index (κ2) is 5.91. The molecule has 0 saturated heterocycles. The molecule has 7 heteroatoms. The van der Waals surface area contributed by atoms with Crippen molar-refractivity contribution >= 4 is 5.97 Å². The van der Waals surface area contributed by atoms with Gasteiger partial charge in [-0.05, 0) is 6.92 Å². The number of ether oxygens (including phenoxy) is 2. The standard InChI is InChI=1S/C11H10F2N2O3/c1-3-18-11(16)9-6(10(12)13)4-8(17-2)15-7(9)5-14/h4,10H,3H2,1-2H3. The zero-order valence-electron chi connectivity index (χ0n) is 9.74. The lowest BCUT2D eigenvalue weighted by atomic mass is 10.1. The maximum Gasteiger partial charge on any atom is 0.341 e. The highest BCUT2D eigenvalue weighted by Gasteiger charge is 2.25. The molecule has 0 spiro atoms. The minimum atomic E-state index is -2.94. The van der Waals surface area contributed by atoms with Crippen LogP contribution in [0.3, 0.4) is 0 Å². The van der Waals surface area contributed by atoms with Crippen LogP contribution < -0.4 is 4.74 Å². The number of nitrogens with zero attached hydrogens (tertiary/aromatic N) is 2. The number of methoxy groups -OCH3 is 1. The van der Waals surface area contributed by atoms with Gasteiger partial charge in [-0.15, -0.1) is 0 Å². The minimum Gasteiger partial charge on any atom is -0.481 e. The fourth-order valence-electron chi connectivity index (χ4n) is 1.32. The summed E-state index contributed by atoms with van der Waals surface area (Å²) < 4.78 is 35.0. The fraction of sp³-hybridized carbons (Fsp3) is 0.364. The van der Waals surface area contributed by atoms with Gasteiger partial charge in [0.2, 0.25) is 5.88 Å². The van der Waals surface area contributed by atoms with E-state index in [0.717, 1.165) is 6.07 Å². The largest absolute Gasteiger partial charge is 0.481 e. The van der Waals surface area contributed by atoms with Gasteiger partial charge in [0.1, 0.15) is 11.6 Å². The van der Waals surface area contributed by atoms with E-state index in [1.165, 1.54) is 14.0 Å². The number of carbonyl (C=O) groups is 1. The predicted molar refractivity (Wildman–Crippen MR) is 56.4 cm³/mol. The molecule has 5 nitrogen and oxygen atoms in total. The molecule has 0 aliphatic rings. The summed E-state index contributed by atoms with van der Waals surface area (Å²) in [5, 5.41) is 8.84. The van der Waals surface area contributed by atoms with Gasteiger partial charge in [-0.1, -0.05) is 0 Å². The normalized spacial score (nSPS) is 10.0.